The predicted octanol–water partition coefficient (Wildman–Crippen LogP) is 3.86. The van der Waals surface area contributed by atoms with Crippen molar-refractivity contribution in [3.63, 3.8) is 0 Å². The van der Waals surface area contributed by atoms with Gasteiger partial charge in [-0.15, -0.1) is 0 Å². The summed E-state index contributed by atoms with van der Waals surface area (Å²) in [5, 5.41) is 13.9. The largest absolute Gasteiger partial charge is 0.503 e. The summed E-state index contributed by atoms with van der Waals surface area (Å²) in [6, 6.07) is 9.38. The van der Waals surface area contributed by atoms with Gasteiger partial charge in [-0.3, -0.25) is 4.79 Å². The Balaban J connectivity index is 2.03. The minimum absolute atomic E-state index is 0.0398. The number of amides is 1. The van der Waals surface area contributed by atoms with Crippen LogP contribution in [0.1, 0.15) is 29.2 Å². The molecule has 6 heteroatoms. The fourth-order valence-corrected chi connectivity index (χ4v) is 2.78. The Hall–Kier alpha value is -2.34. The topological polar surface area (TPSA) is 70.9 Å². The molecule has 0 saturated heterocycles. The number of carbonyl (C=O) groups is 1. The number of phenols is 1. The van der Waals surface area contributed by atoms with E-state index in [1.54, 1.807) is 12.1 Å². The molecule has 2 aromatic rings. The number of phenolic OH excluding ortho intramolecular Hbond substituents is 1. The number of hydrogen-bond donors (Lipinski definition) is 2. The molecular formula is C19H21BrN2O3. The molecule has 2 aromatic carbocycles. The quantitative estimate of drug-likeness (QED) is 0.566. The van der Waals surface area contributed by atoms with Gasteiger partial charge in [0.2, 0.25) is 5.91 Å². The van der Waals surface area contributed by atoms with Gasteiger partial charge in [-0.1, -0.05) is 23.8 Å². The number of halogens is 1. The van der Waals surface area contributed by atoms with E-state index in [0.717, 1.165) is 16.7 Å². The highest BCUT2D eigenvalue weighted by Gasteiger charge is 2.09. The molecule has 0 saturated carbocycles. The van der Waals surface area contributed by atoms with E-state index in [0.29, 0.717) is 22.4 Å². The van der Waals surface area contributed by atoms with Crippen molar-refractivity contribution in [3.05, 3.63) is 57.1 Å². The first kappa shape index (κ1) is 19.0. The summed E-state index contributed by atoms with van der Waals surface area (Å²) in [6.07, 6.45) is 1.78. The predicted molar refractivity (Wildman–Crippen MR) is 102 cm³/mol. The van der Waals surface area contributed by atoms with Crippen LogP contribution < -0.4 is 10.2 Å². The van der Waals surface area contributed by atoms with Crippen LogP contribution in [0.5, 0.6) is 11.5 Å². The molecule has 0 atom stereocenters. The average molecular weight is 405 g/mol. The van der Waals surface area contributed by atoms with Gasteiger partial charge in [0.25, 0.3) is 0 Å². The summed E-state index contributed by atoms with van der Waals surface area (Å²) >= 11 is 3.27. The summed E-state index contributed by atoms with van der Waals surface area (Å²) in [7, 11) is 0. The third-order valence-corrected chi connectivity index (χ3v) is 4.21. The minimum Gasteiger partial charge on any atom is -0.503 e. The maximum absolute atomic E-state index is 12.1. The van der Waals surface area contributed by atoms with Crippen LogP contribution in [0.25, 0.3) is 0 Å². The third-order valence-electron chi connectivity index (χ3n) is 3.61. The molecule has 5 nitrogen and oxygen atoms in total. The van der Waals surface area contributed by atoms with Gasteiger partial charge in [0.05, 0.1) is 23.7 Å². The van der Waals surface area contributed by atoms with E-state index in [1.807, 2.05) is 39.0 Å². The molecule has 0 fully saturated rings. The SMILES string of the molecule is CCOc1cc(/C=N/NC(=O)Cc2cc(C)ccc2C)cc(Br)c1O. The number of aryl methyl sites for hydroxylation is 2. The van der Waals surface area contributed by atoms with Crippen molar-refractivity contribution in [2.75, 3.05) is 6.61 Å². The van der Waals surface area contributed by atoms with Crippen LogP contribution >= 0.6 is 15.9 Å². The van der Waals surface area contributed by atoms with Crippen molar-refractivity contribution in [1.82, 2.24) is 5.43 Å². The maximum atomic E-state index is 12.1. The summed E-state index contributed by atoms with van der Waals surface area (Å²) in [4.78, 5) is 12.1. The second-order valence-corrected chi connectivity index (χ2v) is 6.54. The Morgan fingerprint density at radius 3 is 2.80 bits per heavy atom. The first-order chi connectivity index (χ1) is 11.9. The molecule has 0 spiro atoms. The molecule has 0 radical (unpaired) electrons. The van der Waals surface area contributed by atoms with Crippen LogP contribution in [0.2, 0.25) is 0 Å². The average Bonchev–Trinajstić information content (AvgIpc) is 2.55. The van der Waals surface area contributed by atoms with Gasteiger partial charge >= 0.3 is 0 Å². The molecular weight excluding hydrogens is 384 g/mol. The lowest BCUT2D eigenvalue weighted by atomic mass is 10.0. The highest BCUT2D eigenvalue weighted by Crippen LogP contribution is 2.35. The number of aromatic hydroxyl groups is 1. The van der Waals surface area contributed by atoms with Crippen molar-refractivity contribution in [1.29, 1.82) is 0 Å². The number of benzene rings is 2. The second-order valence-electron chi connectivity index (χ2n) is 5.68. The summed E-state index contributed by atoms with van der Waals surface area (Å²) in [5.74, 6) is 0.214. The van der Waals surface area contributed by atoms with Gasteiger partial charge in [0, 0.05) is 0 Å². The van der Waals surface area contributed by atoms with Gasteiger partial charge in [0.15, 0.2) is 11.5 Å². The Labute approximate surface area is 155 Å². The smallest absolute Gasteiger partial charge is 0.244 e. The van der Waals surface area contributed by atoms with E-state index < -0.39 is 0 Å². The van der Waals surface area contributed by atoms with Crippen molar-refractivity contribution in [2.24, 2.45) is 5.10 Å². The highest BCUT2D eigenvalue weighted by atomic mass is 79.9. The van der Waals surface area contributed by atoms with E-state index in [4.69, 9.17) is 4.74 Å². The molecule has 0 unspecified atom stereocenters. The Morgan fingerprint density at radius 2 is 2.08 bits per heavy atom. The number of hydrogen-bond acceptors (Lipinski definition) is 4. The monoisotopic (exact) mass is 404 g/mol. The molecule has 0 aliphatic heterocycles. The molecule has 0 bridgehead atoms. The zero-order valence-electron chi connectivity index (χ0n) is 14.5. The molecule has 2 rings (SSSR count). The van der Waals surface area contributed by atoms with E-state index in [-0.39, 0.29) is 18.1 Å². The molecule has 0 aliphatic rings. The second kappa shape index (κ2) is 8.67. The van der Waals surface area contributed by atoms with Crippen molar-refractivity contribution in [2.45, 2.75) is 27.2 Å². The van der Waals surface area contributed by atoms with Crippen LogP contribution in [0.15, 0.2) is 39.9 Å². The van der Waals surface area contributed by atoms with Gasteiger partial charge < -0.3 is 9.84 Å². The lowest BCUT2D eigenvalue weighted by Gasteiger charge is -2.08. The summed E-state index contributed by atoms with van der Waals surface area (Å²) in [5.41, 5.74) is 6.40. The molecule has 25 heavy (non-hydrogen) atoms. The fourth-order valence-electron chi connectivity index (χ4n) is 2.32. The van der Waals surface area contributed by atoms with Gasteiger partial charge in [-0.2, -0.15) is 5.10 Å². The fraction of sp³-hybridized carbons (Fsp3) is 0.263. The zero-order valence-corrected chi connectivity index (χ0v) is 16.1. The van der Waals surface area contributed by atoms with Crippen LogP contribution in [-0.2, 0) is 11.2 Å². The van der Waals surface area contributed by atoms with Crippen LogP contribution in [0.4, 0.5) is 0 Å². The van der Waals surface area contributed by atoms with E-state index in [9.17, 15) is 9.90 Å². The number of hydrazone groups is 1. The maximum Gasteiger partial charge on any atom is 0.244 e. The number of rotatable bonds is 6. The van der Waals surface area contributed by atoms with Gasteiger partial charge in [-0.05, 0) is 65.5 Å². The number of ether oxygens (including phenoxy) is 1. The van der Waals surface area contributed by atoms with Crippen molar-refractivity contribution >= 4 is 28.1 Å². The number of carbonyl (C=O) groups excluding carboxylic acids is 1. The van der Waals surface area contributed by atoms with E-state index in [1.165, 1.54) is 6.21 Å². The normalized spacial score (nSPS) is 10.9. The molecule has 0 aliphatic carbocycles. The highest BCUT2D eigenvalue weighted by molar-refractivity contribution is 9.10. The Kier molecular flexibility index (Phi) is 6.58. The van der Waals surface area contributed by atoms with Crippen LogP contribution in [0, 0.1) is 13.8 Å². The first-order valence-electron chi connectivity index (χ1n) is 7.94. The molecule has 1 amide bonds. The molecule has 2 N–H and O–H groups in total. The van der Waals surface area contributed by atoms with Crippen molar-refractivity contribution in [3.8, 4) is 11.5 Å². The van der Waals surface area contributed by atoms with E-state index in [2.05, 4.69) is 26.5 Å². The lowest BCUT2D eigenvalue weighted by Crippen LogP contribution is -2.20. The first-order valence-corrected chi connectivity index (χ1v) is 8.73. The summed E-state index contributed by atoms with van der Waals surface area (Å²) < 4.78 is 5.86. The minimum atomic E-state index is -0.187. The number of nitrogens with zero attached hydrogens (tertiary/aromatic N) is 1. The lowest BCUT2D eigenvalue weighted by molar-refractivity contribution is -0.120. The zero-order chi connectivity index (χ0) is 18.4. The van der Waals surface area contributed by atoms with Crippen LogP contribution in [0.3, 0.4) is 0 Å². The summed E-state index contributed by atoms with van der Waals surface area (Å²) in [6.45, 7) is 6.25. The van der Waals surface area contributed by atoms with Crippen LogP contribution in [-0.4, -0.2) is 23.8 Å². The molecule has 0 aromatic heterocycles. The Bertz CT molecular complexity index is 803. The van der Waals surface area contributed by atoms with Crippen molar-refractivity contribution < 1.29 is 14.6 Å². The third kappa shape index (κ3) is 5.32. The number of nitrogens with one attached hydrogen (secondary N) is 1. The molecule has 0 heterocycles. The molecule has 132 valence electrons. The van der Waals surface area contributed by atoms with Gasteiger partial charge in [-0.25, -0.2) is 5.43 Å². The Morgan fingerprint density at radius 1 is 1.32 bits per heavy atom. The van der Waals surface area contributed by atoms with Gasteiger partial charge in [0.1, 0.15) is 0 Å². The van der Waals surface area contributed by atoms with E-state index >= 15 is 0 Å². The standard InChI is InChI=1S/C19H21BrN2O3/c1-4-25-17-9-14(8-16(20)19(17)24)11-21-22-18(23)10-15-7-12(2)5-6-13(15)3/h5-9,11,24H,4,10H2,1-3H3,(H,22,23)/b21-11+.